The van der Waals surface area contributed by atoms with E-state index in [1.54, 1.807) is 11.3 Å². The Bertz CT molecular complexity index is 400. The molecule has 0 saturated carbocycles. The summed E-state index contributed by atoms with van der Waals surface area (Å²) in [5, 5.41) is 2.03. The first-order valence-corrected chi connectivity index (χ1v) is 7.06. The molecule has 2 nitrogen and oxygen atoms in total. The summed E-state index contributed by atoms with van der Waals surface area (Å²) in [4.78, 5) is 15.3. The van der Waals surface area contributed by atoms with Gasteiger partial charge in [-0.25, -0.2) is 0 Å². The fourth-order valence-corrected chi connectivity index (χ4v) is 2.83. The molecule has 17 heavy (non-hydrogen) atoms. The van der Waals surface area contributed by atoms with E-state index in [4.69, 9.17) is 0 Å². The van der Waals surface area contributed by atoms with E-state index < -0.39 is 0 Å². The monoisotopic (exact) mass is 249 g/mol. The van der Waals surface area contributed by atoms with Gasteiger partial charge in [0.15, 0.2) is 0 Å². The second-order valence-corrected chi connectivity index (χ2v) is 5.80. The molecule has 0 unspecified atom stereocenters. The Morgan fingerprint density at radius 1 is 1.47 bits per heavy atom. The molecule has 0 aromatic carbocycles. The Labute approximate surface area is 107 Å². The van der Waals surface area contributed by atoms with Crippen LogP contribution in [0.2, 0.25) is 0 Å². The molecule has 0 spiro atoms. The molecule has 0 bridgehead atoms. The van der Waals surface area contributed by atoms with Crippen molar-refractivity contribution in [2.45, 2.75) is 26.7 Å². The van der Waals surface area contributed by atoms with Gasteiger partial charge in [0.25, 0.3) is 0 Å². The van der Waals surface area contributed by atoms with Gasteiger partial charge < -0.3 is 4.90 Å². The van der Waals surface area contributed by atoms with Crippen LogP contribution >= 0.6 is 11.3 Å². The maximum atomic E-state index is 12.2. The quantitative estimate of drug-likeness (QED) is 0.736. The van der Waals surface area contributed by atoms with Crippen LogP contribution in [0.1, 0.15) is 31.6 Å². The molecule has 0 atom stereocenters. The first-order chi connectivity index (χ1) is 8.16. The highest BCUT2D eigenvalue weighted by atomic mass is 32.1. The SMILES string of the molecule is C/C(=C\c1cccs1)C(=O)N1CCC(C)CC1. The molecule has 0 N–H and O–H groups in total. The molecule has 1 aliphatic heterocycles. The zero-order valence-corrected chi connectivity index (χ0v) is 11.3. The highest BCUT2D eigenvalue weighted by Crippen LogP contribution is 2.19. The summed E-state index contributed by atoms with van der Waals surface area (Å²) in [6.07, 6.45) is 4.26. The number of carbonyl (C=O) groups is 1. The van der Waals surface area contributed by atoms with Crippen LogP contribution in [0.3, 0.4) is 0 Å². The first-order valence-electron chi connectivity index (χ1n) is 6.18. The summed E-state index contributed by atoms with van der Waals surface area (Å²) >= 11 is 1.67. The van der Waals surface area contributed by atoms with E-state index in [0.717, 1.165) is 42.3 Å². The fraction of sp³-hybridized carbons (Fsp3) is 0.500. The third-order valence-corrected chi connectivity index (χ3v) is 4.13. The standard InChI is InChI=1S/C14H19NOS/c1-11-5-7-15(8-6-11)14(16)12(2)10-13-4-3-9-17-13/h3-4,9-11H,5-8H2,1-2H3/b12-10+. The van der Waals surface area contributed by atoms with Crippen molar-refractivity contribution in [1.29, 1.82) is 0 Å². The van der Waals surface area contributed by atoms with Crippen molar-refractivity contribution in [3.05, 3.63) is 28.0 Å². The van der Waals surface area contributed by atoms with Gasteiger partial charge in [0.1, 0.15) is 0 Å². The number of carbonyl (C=O) groups excluding carboxylic acids is 1. The topological polar surface area (TPSA) is 20.3 Å². The molecule has 3 heteroatoms. The summed E-state index contributed by atoms with van der Waals surface area (Å²) in [7, 11) is 0. The second kappa shape index (κ2) is 5.50. The lowest BCUT2D eigenvalue weighted by Gasteiger charge is -2.30. The van der Waals surface area contributed by atoms with Crippen molar-refractivity contribution in [3.8, 4) is 0 Å². The van der Waals surface area contributed by atoms with E-state index in [0.29, 0.717) is 0 Å². The number of hydrogen-bond acceptors (Lipinski definition) is 2. The van der Waals surface area contributed by atoms with Crippen molar-refractivity contribution in [3.63, 3.8) is 0 Å². The predicted octanol–water partition coefficient (Wildman–Crippen LogP) is 3.41. The molecule has 2 rings (SSSR count). The van der Waals surface area contributed by atoms with Crippen LogP contribution in [0, 0.1) is 5.92 Å². The molecule has 1 aromatic rings. The number of hydrogen-bond donors (Lipinski definition) is 0. The van der Waals surface area contributed by atoms with Gasteiger partial charge >= 0.3 is 0 Å². The zero-order chi connectivity index (χ0) is 12.3. The van der Waals surface area contributed by atoms with Gasteiger partial charge in [-0.15, -0.1) is 11.3 Å². The molecule has 0 aliphatic carbocycles. The van der Waals surface area contributed by atoms with Crippen molar-refractivity contribution < 1.29 is 4.79 Å². The molecular weight excluding hydrogens is 230 g/mol. The third-order valence-electron chi connectivity index (χ3n) is 3.31. The van der Waals surface area contributed by atoms with Gasteiger partial charge in [-0.1, -0.05) is 13.0 Å². The average molecular weight is 249 g/mol. The van der Waals surface area contributed by atoms with Gasteiger partial charge in [-0.3, -0.25) is 4.79 Å². The van der Waals surface area contributed by atoms with Crippen LogP contribution in [0.15, 0.2) is 23.1 Å². The Kier molecular flexibility index (Phi) is 4.00. The van der Waals surface area contributed by atoms with E-state index in [1.165, 1.54) is 0 Å². The summed E-state index contributed by atoms with van der Waals surface area (Å²) in [6.45, 7) is 6.00. The van der Waals surface area contributed by atoms with E-state index >= 15 is 0 Å². The number of rotatable bonds is 2. The lowest BCUT2D eigenvalue weighted by atomic mass is 9.99. The third kappa shape index (κ3) is 3.19. The molecule has 92 valence electrons. The lowest BCUT2D eigenvalue weighted by molar-refractivity contribution is -0.128. The van der Waals surface area contributed by atoms with Gasteiger partial charge in [-0.05, 0) is 43.2 Å². The zero-order valence-electron chi connectivity index (χ0n) is 10.5. The highest BCUT2D eigenvalue weighted by Gasteiger charge is 2.20. The summed E-state index contributed by atoms with van der Waals surface area (Å²) < 4.78 is 0. The molecule has 0 radical (unpaired) electrons. The van der Waals surface area contributed by atoms with Gasteiger partial charge in [0, 0.05) is 23.5 Å². The predicted molar refractivity (Wildman–Crippen MR) is 72.9 cm³/mol. The summed E-state index contributed by atoms with van der Waals surface area (Å²) in [6, 6.07) is 4.05. The lowest BCUT2D eigenvalue weighted by Crippen LogP contribution is -2.38. The minimum atomic E-state index is 0.199. The van der Waals surface area contributed by atoms with Crippen LogP contribution < -0.4 is 0 Å². The van der Waals surface area contributed by atoms with E-state index in [9.17, 15) is 4.79 Å². The molecule has 1 aliphatic rings. The Morgan fingerprint density at radius 3 is 2.76 bits per heavy atom. The minimum Gasteiger partial charge on any atom is -0.339 e. The van der Waals surface area contributed by atoms with Gasteiger partial charge in [0.2, 0.25) is 5.91 Å². The van der Waals surface area contributed by atoms with Crippen LogP contribution in [-0.2, 0) is 4.79 Å². The second-order valence-electron chi connectivity index (χ2n) is 4.82. The van der Waals surface area contributed by atoms with Crippen LogP contribution in [0.5, 0.6) is 0 Å². The first kappa shape index (κ1) is 12.4. The van der Waals surface area contributed by atoms with Crippen molar-refractivity contribution in [1.82, 2.24) is 4.90 Å². The highest BCUT2D eigenvalue weighted by molar-refractivity contribution is 7.10. The van der Waals surface area contributed by atoms with Crippen LogP contribution in [-0.4, -0.2) is 23.9 Å². The smallest absolute Gasteiger partial charge is 0.249 e. The number of amides is 1. The fourth-order valence-electron chi connectivity index (χ4n) is 2.11. The molecule has 1 fully saturated rings. The van der Waals surface area contributed by atoms with Crippen molar-refractivity contribution in [2.75, 3.05) is 13.1 Å². The van der Waals surface area contributed by atoms with Crippen LogP contribution in [0.4, 0.5) is 0 Å². The number of piperidine rings is 1. The normalized spacial score (nSPS) is 18.5. The van der Waals surface area contributed by atoms with Crippen LogP contribution in [0.25, 0.3) is 6.08 Å². The Hall–Kier alpha value is -1.09. The Morgan fingerprint density at radius 2 is 2.18 bits per heavy atom. The van der Waals surface area contributed by atoms with Gasteiger partial charge in [-0.2, -0.15) is 0 Å². The molecule has 1 amide bonds. The maximum Gasteiger partial charge on any atom is 0.249 e. The minimum absolute atomic E-state index is 0.199. The largest absolute Gasteiger partial charge is 0.339 e. The summed E-state index contributed by atoms with van der Waals surface area (Å²) in [5.41, 5.74) is 0.849. The molecule has 1 saturated heterocycles. The average Bonchev–Trinajstić information content (AvgIpc) is 2.82. The summed E-state index contributed by atoms with van der Waals surface area (Å²) in [5.74, 6) is 0.964. The molecule has 2 heterocycles. The Balaban J connectivity index is 2.00. The van der Waals surface area contributed by atoms with Crippen molar-refractivity contribution in [2.24, 2.45) is 5.92 Å². The maximum absolute atomic E-state index is 12.2. The number of thiophene rings is 1. The number of nitrogens with zero attached hydrogens (tertiary/aromatic N) is 1. The molecule has 1 aromatic heterocycles. The van der Waals surface area contributed by atoms with E-state index in [-0.39, 0.29) is 5.91 Å². The number of likely N-dealkylation sites (tertiary alicyclic amines) is 1. The van der Waals surface area contributed by atoms with Gasteiger partial charge in [0.05, 0.1) is 0 Å². The van der Waals surface area contributed by atoms with E-state index in [1.807, 2.05) is 35.4 Å². The van der Waals surface area contributed by atoms with Crippen molar-refractivity contribution >= 4 is 23.3 Å². The van der Waals surface area contributed by atoms with E-state index in [2.05, 4.69) is 6.92 Å². The molecular formula is C14H19NOS.